The molecule has 0 aliphatic carbocycles. The summed E-state index contributed by atoms with van der Waals surface area (Å²) >= 11 is 0. The van der Waals surface area contributed by atoms with Crippen molar-refractivity contribution in [1.82, 2.24) is 0 Å². The first-order chi connectivity index (χ1) is 10.1. The predicted octanol–water partition coefficient (Wildman–Crippen LogP) is 3.24. The SMILES string of the molecule is Cc1ccccc1-c1ccccc1NC(=O)/C=C\C(=O)O. The van der Waals surface area contributed by atoms with Crippen LogP contribution in [0.2, 0.25) is 0 Å². The Balaban J connectivity index is 2.32. The van der Waals surface area contributed by atoms with Crippen LogP contribution in [0, 0.1) is 6.92 Å². The van der Waals surface area contributed by atoms with Crippen LogP contribution >= 0.6 is 0 Å². The van der Waals surface area contributed by atoms with Crippen LogP contribution in [0.1, 0.15) is 5.56 Å². The van der Waals surface area contributed by atoms with Gasteiger partial charge in [-0.15, -0.1) is 0 Å². The van der Waals surface area contributed by atoms with E-state index in [0.29, 0.717) is 5.69 Å². The van der Waals surface area contributed by atoms with Crippen LogP contribution in [0.25, 0.3) is 11.1 Å². The Morgan fingerprint density at radius 3 is 2.24 bits per heavy atom. The normalized spacial score (nSPS) is 10.5. The van der Waals surface area contributed by atoms with Crippen LogP contribution in [0.4, 0.5) is 5.69 Å². The average molecular weight is 281 g/mol. The molecule has 4 heteroatoms. The Morgan fingerprint density at radius 1 is 0.952 bits per heavy atom. The minimum atomic E-state index is -1.16. The number of hydrogen-bond acceptors (Lipinski definition) is 2. The van der Waals surface area contributed by atoms with Gasteiger partial charge in [0.25, 0.3) is 0 Å². The molecule has 0 spiro atoms. The molecule has 0 bridgehead atoms. The molecule has 4 nitrogen and oxygen atoms in total. The number of hydrogen-bond donors (Lipinski definition) is 2. The van der Waals surface area contributed by atoms with Crippen molar-refractivity contribution in [2.75, 3.05) is 5.32 Å². The number of para-hydroxylation sites is 1. The van der Waals surface area contributed by atoms with E-state index in [1.54, 1.807) is 6.07 Å². The Bertz CT molecular complexity index is 705. The number of carbonyl (C=O) groups is 2. The summed E-state index contributed by atoms with van der Waals surface area (Å²) in [5.74, 6) is -1.63. The van der Waals surface area contributed by atoms with Crippen molar-refractivity contribution < 1.29 is 14.7 Å². The van der Waals surface area contributed by atoms with Crippen molar-refractivity contribution in [3.8, 4) is 11.1 Å². The minimum Gasteiger partial charge on any atom is -0.478 e. The lowest BCUT2D eigenvalue weighted by Crippen LogP contribution is -2.09. The van der Waals surface area contributed by atoms with Crippen LogP contribution in [0.5, 0.6) is 0 Å². The van der Waals surface area contributed by atoms with E-state index in [2.05, 4.69) is 5.32 Å². The first-order valence-electron chi connectivity index (χ1n) is 6.45. The minimum absolute atomic E-state index is 0.474. The molecule has 0 saturated carbocycles. The molecule has 0 unspecified atom stereocenters. The van der Waals surface area contributed by atoms with Crippen molar-refractivity contribution in [2.24, 2.45) is 0 Å². The van der Waals surface area contributed by atoms with Crippen molar-refractivity contribution in [1.29, 1.82) is 0 Å². The molecule has 0 fully saturated rings. The van der Waals surface area contributed by atoms with Gasteiger partial charge in [-0.1, -0.05) is 42.5 Å². The highest BCUT2D eigenvalue weighted by molar-refractivity contribution is 6.04. The van der Waals surface area contributed by atoms with E-state index >= 15 is 0 Å². The van der Waals surface area contributed by atoms with Gasteiger partial charge in [0.05, 0.1) is 0 Å². The van der Waals surface area contributed by atoms with E-state index < -0.39 is 11.9 Å². The lowest BCUT2D eigenvalue weighted by atomic mass is 9.99. The summed E-state index contributed by atoms with van der Waals surface area (Å²) in [6.07, 6.45) is 1.81. The Kier molecular flexibility index (Phi) is 4.51. The van der Waals surface area contributed by atoms with Crippen LogP contribution in [0.15, 0.2) is 60.7 Å². The lowest BCUT2D eigenvalue weighted by molar-refractivity contribution is -0.131. The second kappa shape index (κ2) is 6.52. The smallest absolute Gasteiger partial charge is 0.328 e. The molecule has 0 atom stereocenters. The summed E-state index contributed by atoms with van der Waals surface area (Å²) in [6.45, 7) is 2.00. The predicted molar refractivity (Wildman–Crippen MR) is 82.0 cm³/mol. The summed E-state index contributed by atoms with van der Waals surface area (Å²) in [5, 5.41) is 11.2. The highest BCUT2D eigenvalue weighted by Crippen LogP contribution is 2.30. The Morgan fingerprint density at radius 2 is 1.57 bits per heavy atom. The molecule has 2 aromatic carbocycles. The third kappa shape index (κ3) is 3.79. The number of aliphatic carboxylic acids is 1. The van der Waals surface area contributed by atoms with Gasteiger partial charge in [0.1, 0.15) is 0 Å². The third-order valence-corrected chi connectivity index (χ3v) is 3.00. The van der Waals surface area contributed by atoms with E-state index in [4.69, 9.17) is 5.11 Å². The number of carboxylic acids is 1. The fourth-order valence-corrected chi connectivity index (χ4v) is 2.02. The van der Waals surface area contributed by atoms with E-state index in [-0.39, 0.29) is 0 Å². The molecule has 21 heavy (non-hydrogen) atoms. The standard InChI is InChI=1S/C17H15NO3/c1-12-6-2-3-7-13(12)14-8-4-5-9-15(14)18-16(19)10-11-17(20)21/h2-11H,1H3,(H,18,19)(H,20,21)/b11-10-. The van der Waals surface area contributed by atoms with Gasteiger partial charge in [-0.05, 0) is 24.1 Å². The highest BCUT2D eigenvalue weighted by Gasteiger charge is 2.08. The number of carboxylic acid groups (broad SMARTS) is 1. The second-order valence-corrected chi connectivity index (χ2v) is 4.52. The van der Waals surface area contributed by atoms with E-state index in [1.807, 2.05) is 49.4 Å². The third-order valence-electron chi connectivity index (χ3n) is 3.00. The van der Waals surface area contributed by atoms with Gasteiger partial charge in [-0.25, -0.2) is 4.79 Å². The van der Waals surface area contributed by atoms with Crippen LogP contribution in [-0.4, -0.2) is 17.0 Å². The zero-order valence-electron chi connectivity index (χ0n) is 11.5. The van der Waals surface area contributed by atoms with Crippen molar-refractivity contribution in [2.45, 2.75) is 6.92 Å². The molecular formula is C17H15NO3. The second-order valence-electron chi connectivity index (χ2n) is 4.52. The molecule has 0 heterocycles. The highest BCUT2D eigenvalue weighted by atomic mass is 16.4. The number of aryl methyl sites for hydroxylation is 1. The number of amides is 1. The van der Waals surface area contributed by atoms with Gasteiger partial charge in [0.15, 0.2) is 0 Å². The summed E-state index contributed by atoms with van der Waals surface area (Å²) < 4.78 is 0. The van der Waals surface area contributed by atoms with E-state index in [0.717, 1.165) is 28.8 Å². The molecule has 2 aromatic rings. The molecule has 0 aliphatic rings. The molecule has 1 amide bonds. The molecule has 2 N–H and O–H groups in total. The van der Waals surface area contributed by atoms with Crippen LogP contribution in [0.3, 0.4) is 0 Å². The van der Waals surface area contributed by atoms with Gasteiger partial charge in [0, 0.05) is 23.4 Å². The molecule has 0 saturated heterocycles. The molecule has 0 aromatic heterocycles. The lowest BCUT2D eigenvalue weighted by Gasteiger charge is -2.12. The summed E-state index contributed by atoms with van der Waals surface area (Å²) in [6, 6.07) is 15.3. The maximum Gasteiger partial charge on any atom is 0.328 e. The van der Waals surface area contributed by atoms with Crippen molar-refractivity contribution >= 4 is 17.6 Å². The number of carbonyl (C=O) groups excluding carboxylic acids is 1. The first kappa shape index (κ1) is 14.5. The first-order valence-corrected chi connectivity index (χ1v) is 6.45. The van der Waals surface area contributed by atoms with Crippen LogP contribution < -0.4 is 5.32 Å². The molecule has 2 rings (SSSR count). The summed E-state index contributed by atoms with van der Waals surface area (Å²) in [4.78, 5) is 22.1. The Hall–Kier alpha value is -2.88. The molecule has 0 radical (unpaired) electrons. The van der Waals surface area contributed by atoms with Gasteiger partial charge in [0.2, 0.25) is 5.91 Å². The zero-order valence-corrected chi connectivity index (χ0v) is 11.5. The number of nitrogens with one attached hydrogen (secondary N) is 1. The average Bonchev–Trinajstić information content (AvgIpc) is 2.46. The fraction of sp³-hybridized carbons (Fsp3) is 0.0588. The molecular weight excluding hydrogens is 266 g/mol. The van der Waals surface area contributed by atoms with Gasteiger partial charge in [-0.2, -0.15) is 0 Å². The quantitative estimate of drug-likeness (QED) is 0.845. The van der Waals surface area contributed by atoms with Crippen LogP contribution in [-0.2, 0) is 9.59 Å². The monoisotopic (exact) mass is 281 g/mol. The van der Waals surface area contributed by atoms with Crippen molar-refractivity contribution in [3.63, 3.8) is 0 Å². The van der Waals surface area contributed by atoms with Crippen molar-refractivity contribution in [3.05, 3.63) is 66.2 Å². The molecule has 0 aliphatic heterocycles. The zero-order chi connectivity index (χ0) is 15.2. The maximum absolute atomic E-state index is 11.7. The number of rotatable bonds is 4. The summed E-state index contributed by atoms with van der Waals surface area (Å²) in [5.41, 5.74) is 3.66. The Labute approximate surface area is 122 Å². The van der Waals surface area contributed by atoms with E-state index in [9.17, 15) is 9.59 Å². The van der Waals surface area contributed by atoms with Gasteiger partial charge < -0.3 is 10.4 Å². The summed E-state index contributed by atoms with van der Waals surface area (Å²) in [7, 11) is 0. The van der Waals surface area contributed by atoms with Gasteiger partial charge in [-0.3, -0.25) is 4.79 Å². The van der Waals surface area contributed by atoms with E-state index in [1.165, 1.54) is 0 Å². The largest absolute Gasteiger partial charge is 0.478 e. The molecule has 106 valence electrons. The fourth-order valence-electron chi connectivity index (χ4n) is 2.02. The topological polar surface area (TPSA) is 66.4 Å². The number of benzene rings is 2. The van der Waals surface area contributed by atoms with Gasteiger partial charge >= 0.3 is 5.97 Å². The number of anilines is 1. The maximum atomic E-state index is 11.7.